The first-order valence-corrected chi connectivity index (χ1v) is 7.98. The van der Waals surface area contributed by atoms with E-state index in [1.165, 1.54) is 0 Å². The number of nitrogens with zero attached hydrogens (tertiary/aromatic N) is 2. The number of nitrogens with one attached hydrogen (secondary N) is 1. The molecule has 0 bridgehead atoms. The minimum Gasteiger partial charge on any atom is -0.399 e. The third kappa shape index (κ3) is 2.48. The highest BCUT2D eigenvalue weighted by molar-refractivity contribution is 7.25. The van der Waals surface area contributed by atoms with Crippen molar-refractivity contribution in [3.63, 3.8) is 0 Å². The summed E-state index contributed by atoms with van der Waals surface area (Å²) in [5.41, 5.74) is -0.590. The van der Waals surface area contributed by atoms with E-state index in [-0.39, 0.29) is 18.3 Å². The molecular formula is C13H22BN3O2S. The van der Waals surface area contributed by atoms with Gasteiger partial charge in [0.15, 0.2) is 5.13 Å². The fourth-order valence-corrected chi connectivity index (χ4v) is 3.27. The SMILES string of the molecule is CC1(C)OB(c2cnc(N3CCNCC3)s2)OC1(C)C. The number of rotatable bonds is 2. The predicted octanol–water partition coefficient (Wildman–Crippen LogP) is 0.852. The van der Waals surface area contributed by atoms with Crippen LogP contribution < -0.4 is 15.0 Å². The summed E-state index contributed by atoms with van der Waals surface area (Å²) in [6.45, 7) is 12.4. The summed E-state index contributed by atoms with van der Waals surface area (Å²) < 4.78 is 13.2. The van der Waals surface area contributed by atoms with Crippen LogP contribution in [0.15, 0.2) is 6.20 Å². The van der Waals surface area contributed by atoms with Crippen molar-refractivity contribution >= 4 is 28.4 Å². The molecule has 7 heteroatoms. The molecule has 2 fully saturated rings. The third-order valence-corrected chi connectivity index (χ3v) is 5.46. The summed E-state index contributed by atoms with van der Waals surface area (Å²) >= 11 is 1.68. The van der Waals surface area contributed by atoms with Crippen molar-refractivity contribution in [2.24, 2.45) is 0 Å². The van der Waals surface area contributed by atoms with E-state index in [0.717, 1.165) is 36.1 Å². The lowest BCUT2D eigenvalue weighted by atomic mass is 9.89. The van der Waals surface area contributed by atoms with Crippen LogP contribution in [0.1, 0.15) is 27.7 Å². The highest BCUT2D eigenvalue weighted by Crippen LogP contribution is 2.37. The second-order valence-electron chi connectivity index (χ2n) is 6.37. The average Bonchev–Trinajstić information content (AvgIpc) is 2.94. The van der Waals surface area contributed by atoms with Gasteiger partial charge in [0.25, 0.3) is 0 Å². The van der Waals surface area contributed by atoms with E-state index in [9.17, 15) is 0 Å². The fourth-order valence-electron chi connectivity index (χ4n) is 2.35. The number of aromatic nitrogens is 1. The first-order valence-electron chi connectivity index (χ1n) is 7.16. The minimum atomic E-state index is -0.297. The quantitative estimate of drug-likeness (QED) is 0.820. The second kappa shape index (κ2) is 4.98. The minimum absolute atomic E-state index is 0.295. The van der Waals surface area contributed by atoms with Crippen LogP contribution in [0.3, 0.4) is 0 Å². The third-order valence-electron chi connectivity index (χ3n) is 4.38. The van der Waals surface area contributed by atoms with Crippen molar-refractivity contribution in [3.8, 4) is 0 Å². The molecule has 2 aliphatic rings. The van der Waals surface area contributed by atoms with Crippen LogP contribution in [0.4, 0.5) is 5.13 Å². The number of anilines is 1. The Morgan fingerprint density at radius 2 is 1.80 bits per heavy atom. The van der Waals surface area contributed by atoms with E-state index in [4.69, 9.17) is 9.31 Å². The van der Waals surface area contributed by atoms with Gasteiger partial charge in [-0.25, -0.2) is 4.98 Å². The highest BCUT2D eigenvalue weighted by Gasteiger charge is 2.52. The van der Waals surface area contributed by atoms with E-state index in [1.807, 2.05) is 6.20 Å². The molecule has 2 aliphatic heterocycles. The van der Waals surface area contributed by atoms with Crippen LogP contribution in [0.25, 0.3) is 0 Å². The normalized spacial score (nSPS) is 25.2. The molecule has 20 heavy (non-hydrogen) atoms. The molecule has 0 amide bonds. The van der Waals surface area contributed by atoms with Crippen molar-refractivity contribution in [3.05, 3.63) is 6.20 Å². The van der Waals surface area contributed by atoms with Gasteiger partial charge in [-0.05, 0) is 27.7 Å². The average molecular weight is 295 g/mol. The molecule has 0 unspecified atom stereocenters. The molecule has 5 nitrogen and oxygen atoms in total. The molecule has 0 aliphatic carbocycles. The largest absolute Gasteiger partial charge is 0.507 e. The van der Waals surface area contributed by atoms with E-state index in [1.54, 1.807) is 11.3 Å². The Hall–Kier alpha value is -0.625. The molecule has 0 spiro atoms. The maximum Gasteiger partial charge on any atom is 0.507 e. The van der Waals surface area contributed by atoms with E-state index >= 15 is 0 Å². The Morgan fingerprint density at radius 3 is 2.40 bits per heavy atom. The molecule has 0 saturated carbocycles. The van der Waals surface area contributed by atoms with Gasteiger partial charge in [0, 0.05) is 32.4 Å². The van der Waals surface area contributed by atoms with Gasteiger partial charge < -0.3 is 19.5 Å². The Kier molecular flexibility index (Phi) is 3.57. The summed E-state index contributed by atoms with van der Waals surface area (Å²) in [6, 6.07) is 0. The van der Waals surface area contributed by atoms with Crippen LogP contribution in [-0.4, -0.2) is 49.5 Å². The van der Waals surface area contributed by atoms with Gasteiger partial charge in [0.1, 0.15) is 0 Å². The van der Waals surface area contributed by atoms with Gasteiger partial charge in [0.05, 0.1) is 16.0 Å². The van der Waals surface area contributed by atoms with Crippen molar-refractivity contribution in [2.45, 2.75) is 38.9 Å². The lowest BCUT2D eigenvalue weighted by Gasteiger charge is -2.32. The zero-order valence-electron chi connectivity index (χ0n) is 12.6. The number of hydrogen-bond acceptors (Lipinski definition) is 6. The van der Waals surface area contributed by atoms with Crippen LogP contribution in [0.5, 0.6) is 0 Å². The van der Waals surface area contributed by atoms with Gasteiger partial charge >= 0.3 is 7.12 Å². The van der Waals surface area contributed by atoms with Gasteiger partial charge in [-0.15, -0.1) is 11.3 Å². The van der Waals surface area contributed by atoms with Crippen LogP contribution in [0.2, 0.25) is 0 Å². The molecule has 3 heterocycles. The van der Waals surface area contributed by atoms with Gasteiger partial charge in [0.2, 0.25) is 0 Å². The lowest BCUT2D eigenvalue weighted by Crippen LogP contribution is -2.43. The molecule has 3 rings (SSSR count). The van der Waals surface area contributed by atoms with Crippen molar-refractivity contribution in [1.82, 2.24) is 10.3 Å². The van der Waals surface area contributed by atoms with Crippen LogP contribution in [0, 0.1) is 0 Å². The molecule has 2 saturated heterocycles. The van der Waals surface area contributed by atoms with Crippen molar-refractivity contribution < 1.29 is 9.31 Å². The Balaban J connectivity index is 1.74. The van der Waals surface area contributed by atoms with Crippen LogP contribution in [-0.2, 0) is 9.31 Å². The zero-order valence-corrected chi connectivity index (χ0v) is 13.4. The topological polar surface area (TPSA) is 46.6 Å². The summed E-state index contributed by atoms with van der Waals surface area (Å²) in [5, 5.41) is 4.42. The highest BCUT2D eigenvalue weighted by atomic mass is 32.1. The number of piperazine rings is 1. The number of thiazole rings is 1. The van der Waals surface area contributed by atoms with E-state index < -0.39 is 0 Å². The molecule has 0 aromatic carbocycles. The summed E-state index contributed by atoms with van der Waals surface area (Å²) in [6.07, 6.45) is 1.89. The summed E-state index contributed by atoms with van der Waals surface area (Å²) in [5.74, 6) is 0. The van der Waals surface area contributed by atoms with Crippen molar-refractivity contribution in [2.75, 3.05) is 31.1 Å². The van der Waals surface area contributed by atoms with Crippen molar-refractivity contribution in [1.29, 1.82) is 0 Å². The monoisotopic (exact) mass is 295 g/mol. The predicted molar refractivity (Wildman–Crippen MR) is 82.9 cm³/mol. The van der Waals surface area contributed by atoms with Crippen LogP contribution >= 0.6 is 11.3 Å². The standard InChI is InChI=1S/C13H22BN3O2S/c1-12(2)13(3,4)19-14(18-12)10-9-16-11(20-10)17-7-5-15-6-8-17/h9,15H,5-8H2,1-4H3. The first kappa shape index (κ1) is 14.3. The molecule has 1 aromatic heterocycles. The Labute approximate surface area is 124 Å². The van der Waals surface area contributed by atoms with Gasteiger partial charge in [-0.2, -0.15) is 0 Å². The maximum atomic E-state index is 6.07. The zero-order chi connectivity index (χ0) is 14.4. The number of hydrogen-bond donors (Lipinski definition) is 1. The summed E-state index contributed by atoms with van der Waals surface area (Å²) in [4.78, 5) is 6.85. The first-order chi connectivity index (χ1) is 9.39. The molecule has 0 radical (unpaired) electrons. The molecular weight excluding hydrogens is 273 g/mol. The Morgan fingerprint density at radius 1 is 1.20 bits per heavy atom. The molecule has 1 aromatic rings. The maximum absolute atomic E-state index is 6.07. The van der Waals surface area contributed by atoms with Gasteiger partial charge in [-0.1, -0.05) is 0 Å². The van der Waals surface area contributed by atoms with E-state index in [0.29, 0.717) is 0 Å². The molecule has 0 atom stereocenters. The lowest BCUT2D eigenvalue weighted by molar-refractivity contribution is 0.00578. The molecule has 1 N–H and O–H groups in total. The van der Waals surface area contributed by atoms with Gasteiger partial charge in [-0.3, -0.25) is 0 Å². The Bertz CT molecular complexity index is 470. The second-order valence-corrected chi connectivity index (χ2v) is 7.41. The molecule has 110 valence electrons. The van der Waals surface area contributed by atoms with E-state index in [2.05, 4.69) is 42.9 Å². The smallest absolute Gasteiger partial charge is 0.399 e. The summed E-state index contributed by atoms with van der Waals surface area (Å²) in [7, 11) is -0.297. The fraction of sp³-hybridized carbons (Fsp3) is 0.769.